The van der Waals surface area contributed by atoms with E-state index < -0.39 is 0 Å². The lowest BCUT2D eigenvalue weighted by Gasteiger charge is -2.20. The standard InChI is InChI=1S/C18H22ClNO/c1-4-20-18(15-9-10-17(19)13(3)11-15)14-7-6-8-16(12-14)21-5-2/h6-12,18,20H,4-5H2,1-3H3. The van der Waals surface area contributed by atoms with Gasteiger partial charge < -0.3 is 10.1 Å². The Kier molecular flexibility index (Phi) is 5.66. The van der Waals surface area contributed by atoms with E-state index >= 15 is 0 Å². The molecule has 0 heterocycles. The minimum Gasteiger partial charge on any atom is -0.494 e. The highest BCUT2D eigenvalue weighted by molar-refractivity contribution is 6.31. The second-order valence-corrected chi connectivity index (χ2v) is 5.41. The molecule has 1 atom stereocenters. The van der Waals surface area contributed by atoms with Crippen LogP contribution in [0.2, 0.25) is 5.02 Å². The summed E-state index contributed by atoms with van der Waals surface area (Å²) < 4.78 is 5.60. The third-order valence-corrected chi connectivity index (χ3v) is 3.85. The Labute approximate surface area is 132 Å². The first-order valence-corrected chi connectivity index (χ1v) is 7.75. The molecule has 0 saturated heterocycles. The topological polar surface area (TPSA) is 21.3 Å². The molecule has 1 unspecified atom stereocenters. The zero-order valence-corrected chi connectivity index (χ0v) is 13.6. The van der Waals surface area contributed by atoms with Crippen molar-refractivity contribution in [1.82, 2.24) is 5.32 Å². The predicted molar refractivity (Wildman–Crippen MR) is 89.3 cm³/mol. The first-order valence-electron chi connectivity index (χ1n) is 7.37. The summed E-state index contributed by atoms with van der Waals surface area (Å²) in [5, 5.41) is 4.34. The van der Waals surface area contributed by atoms with Crippen molar-refractivity contribution in [3.8, 4) is 5.75 Å². The molecule has 0 aromatic heterocycles. The van der Waals surface area contributed by atoms with Gasteiger partial charge in [0, 0.05) is 5.02 Å². The van der Waals surface area contributed by atoms with Gasteiger partial charge in [-0.05, 0) is 55.3 Å². The lowest BCUT2D eigenvalue weighted by Crippen LogP contribution is -2.22. The van der Waals surface area contributed by atoms with E-state index in [0.717, 1.165) is 22.9 Å². The van der Waals surface area contributed by atoms with Gasteiger partial charge in [0.05, 0.1) is 12.6 Å². The Balaban J connectivity index is 2.37. The van der Waals surface area contributed by atoms with Gasteiger partial charge in [0.1, 0.15) is 5.75 Å². The van der Waals surface area contributed by atoms with Crippen LogP contribution in [0, 0.1) is 6.92 Å². The molecule has 0 saturated carbocycles. The Morgan fingerprint density at radius 2 is 1.86 bits per heavy atom. The third-order valence-electron chi connectivity index (χ3n) is 3.43. The second-order valence-electron chi connectivity index (χ2n) is 5.00. The molecule has 2 nitrogen and oxygen atoms in total. The molecule has 0 radical (unpaired) electrons. The van der Waals surface area contributed by atoms with Crippen molar-refractivity contribution >= 4 is 11.6 Å². The number of ether oxygens (including phenoxy) is 1. The fourth-order valence-corrected chi connectivity index (χ4v) is 2.55. The summed E-state index contributed by atoms with van der Waals surface area (Å²) >= 11 is 6.13. The van der Waals surface area contributed by atoms with Crippen molar-refractivity contribution in [2.24, 2.45) is 0 Å². The minimum absolute atomic E-state index is 0.145. The molecule has 3 heteroatoms. The molecule has 2 rings (SSSR count). The van der Waals surface area contributed by atoms with E-state index in [1.807, 2.05) is 32.0 Å². The highest BCUT2D eigenvalue weighted by Gasteiger charge is 2.14. The molecule has 1 N–H and O–H groups in total. The van der Waals surface area contributed by atoms with Crippen LogP contribution in [0.25, 0.3) is 0 Å². The maximum Gasteiger partial charge on any atom is 0.119 e. The molecule has 21 heavy (non-hydrogen) atoms. The molecule has 0 aliphatic heterocycles. The summed E-state index contributed by atoms with van der Waals surface area (Å²) in [6.45, 7) is 7.71. The number of aryl methyl sites for hydroxylation is 1. The zero-order chi connectivity index (χ0) is 15.2. The van der Waals surface area contributed by atoms with Gasteiger partial charge in [-0.15, -0.1) is 0 Å². The van der Waals surface area contributed by atoms with Crippen LogP contribution in [0.3, 0.4) is 0 Å². The van der Waals surface area contributed by atoms with Gasteiger partial charge in [0.25, 0.3) is 0 Å². The molecule has 0 spiro atoms. The minimum atomic E-state index is 0.145. The van der Waals surface area contributed by atoms with E-state index in [1.165, 1.54) is 11.1 Å². The van der Waals surface area contributed by atoms with E-state index in [2.05, 4.69) is 36.5 Å². The fourth-order valence-electron chi connectivity index (χ4n) is 2.43. The van der Waals surface area contributed by atoms with Crippen LogP contribution in [0.4, 0.5) is 0 Å². The van der Waals surface area contributed by atoms with Gasteiger partial charge in [-0.25, -0.2) is 0 Å². The van der Waals surface area contributed by atoms with E-state index in [9.17, 15) is 0 Å². The molecule has 0 aliphatic carbocycles. The van der Waals surface area contributed by atoms with Crippen molar-refractivity contribution in [2.45, 2.75) is 26.8 Å². The molecule has 0 fully saturated rings. The number of benzene rings is 2. The molecule has 2 aromatic rings. The monoisotopic (exact) mass is 303 g/mol. The average molecular weight is 304 g/mol. The highest BCUT2D eigenvalue weighted by atomic mass is 35.5. The van der Waals surface area contributed by atoms with Crippen LogP contribution in [0.1, 0.15) is 36.6 Å². The van der Waals surface area contributed by atoms with E-state index in [-0.39, 0.29) is 6.04 Å². The van der Waals surface area contributed by atoms with Gasteiger partial charge in [-0.1, -0.05) is 42.8 Å². The van der Waals surface area contributed by atoms with Crippen molar-refractivity contribution in [2.75, 3.05) is 13.2 Å². The van der Waals surface area contributed by atoms with Crippen molar-refractivity contribution in [3.63, 3.8) is 0 Å². The SMILES string of the molecule is CCNC(c1cccc(OCC)c1)c1ccc(Cl)c(C)c1. The summed E-state index contributed by atoms with van der Waals surface area (Å²) in [6.07, 6.45) is 0. The summed E-state index contributed by atoms with van der Waals surface area (Å²) in [6, 6.07) is 14.6. The molecule has 0 bridgehead atoms. The number of halogens is 1. The molecule has 0 amide bonds. The lowest BCUT2D eigenvalue weighted by atomic mass is 9.97. The molecule has 0 aliphatic rings. The van der Waals surface area contributed by atoms with Crippen molar-refractivity contribution in [3.05, 3.63) is 64.2 Å². The van der Waals surface area contributed by atoms with Gasteiger partial charge in [-0.2, -0.15) is 0 Å². The Bertz CT molecular complexity index is 598. The van der Waals surface area contributed by atoms with E-state index in [1.54, 1.807) is 0 Å². The number of nitrogens with one attached hydrogen (secondary N) is 1. The average Bonchev–Trinajstić information content (AvgIpc) is 2.48. The largest absolute Gasteiger partial charge is 0.494 e. The van der Waals surface area contributed by atoms with Crippen LogP contribution in [-0.2, 0) is 0 Å². The Morgan fingerprint density at radius 1 is 1.10 bits per heavy atom. The zero-order valence-electron chi connectivity index (χ0n) is 12.8. The summed E-state index contributed by atoms with van der Waals surface area (Å²) in [5.74, 6) is 0.906. The maximum absolute atomic E-state index is 6.13. The summed E-state index contributed by atoms with van der Waals surface area (Å²) in [5.41, 5.74) is 3.51. The number of hydrogen-bond donors (Lipinski definition) is 1. The van der Waals surface area contributed by atoms with Gasteiger partial charge >= 0.3 is 0 Å². The predicted octanol–water partition coefficient (Wildman–Crippen LogP) is 4.75. The summed E-state index contributed by atoms with van der Waals surface area (Å²) in [4.78, 5) is 0. The van der Waals surface area contributed by atoms with Crippen LogP contribution in [0.5, 0.6) is 5.75 Å². The smallest absolute Gasteiger partial charge is 0.119 e. The molecule has 2 aromatic carbocycles. The lowest BCUT2D eigenvalue weighted by molar-refractivity contribution is 0.339. The maximum atomic E-state index is 6.13. The summed E-state index contributed by atoms with van der Waals surface area (Å²) in [7, 11) is 0. The quantitative estimate of drug-likeness (QED) is 0.832. The van der Waals surface area contributed by atoms with Gasteiger partial charge in [0.2, 0.25) is 0 Å². The van der Waals surface area contributed by atoms with Crippen molar-refractivity contribution in [1.29, 1.82) is 0 Å². The van der Waals surface area contributed by atoms with Crippen molar-refractivity contribution < 1.29 is 4.74 Å². The molecule has 112 valence electrons. The highest BCUT2D eigenvalue weighted by Crippen LogP contribution is 2.28. The van der Waals surface area contributed by atoms with Crippen LogP contribution in [0.15, 0.2) is 42.5 Å². The van der Waals surface area contributed by atoms with E-state index in [0.29, 0.717) is 6.61 Å². The van der Waals surface area contributed by atoms with Gasteiger partial charge in [0.15, 0.2) is 0 Å². The number of rotatable bonds is 6. The van der Waals surface area contributed by atoms with Crippen LogP contribution in [-0.4, -0.2) is 13.2 Å². The normalized spacial score (nSPS) is 12.2. The molecular formula is C18H22ClNO. The second kappa shape index (κ2) is 7.48. The third kappa shape index (κ3) is 3.99. The first kappa shape index (κ1) is 15.9. The van der Waals surface area contributed by atoms with E-state index in [4.69, 9.17) is 16.3 Å². The number of hydrogen-bond acceptors (Lipinski definition) is 2. The van der Waals surface area contributed by atoms with Crippen LogP contribution < -0.4 is 10.1 Å². The molecular weight excluding hydrogens is 282 g/mol. The van der Waals surface area contributed by atoms with Gasteiger partial charge in [-0.3, -0.25) is 0 Å². The Hall–Kier alpha value is -1.51. The van der Waals surface area contributed by atoms with Crippen LogP contribution >= 0.6 is 11.6 Å². The first-order chi connectivity index (χ1) is 10.2. The fraction of sp³-hybridized carbons (Fsp3) is 0.333. The Morgan fingerprint density at radius 3 is 2.52 bits per heavy atom.